The average Bonchev–Trinajstić information content (AvgIpc) is 2.85. The number of rotatable bonds is 7. The van der Waals surface area contributed by atoms with Crippen LogP contribution in [0.4, 0.5) is 0 Å². The number of aliphatic hydroxyl groups excluding tert-OH is 1. The summed E-state index contributed by atoms with van der Waals surface area (Å²) >= 11 is 2.03. The molecule has 1 aliphatic rings. The van der Waals surface area contributed by atoms with Gasteiger partial charge in [0.1, 0.15) is 18.5 Å². The first-order valence-electron chi connectivity index (χ1n) is 6.89. The number of aliphatic hydroxyl groups is 1. The Hall–Kier alpha value is -0.710. The first-order valence-corrected chi connectivity index (χ1v) is 7.87. The summed E-state index contributed by atoms with van der Waals surface area (Å²) in [6.45, 7) is 4.18. The van der Waals surface area contributed by atoms with E-state index in [1.54, 1.807) is 0 Å². The van der Waals surface area contributed by atoms with E-state index < -0.39 is 6.10 Å². The summed E-state index contributed by atoms with van der Waals surface area (Å²) in [6.07, 6.45) is 2.11. The van der Waals surface area contributed by atoms with Crippen LogP contribution in [-0.4, -0.2) is 41.4 Å². The molecule has 1 aromatic carbocycles. The molecular weight excluding hydrogens is 258 g/mol. The maximum absolute atomic E-state index is 9.87. The quantitative estimate of drug-likeness (QED) is 0.805. The third-order valence-electron chi connectivity index (χ3n) is 3.36. The van der Waals surface area contributed by atoms with E-state index in [4.69, 9.17) is 4.74 Å². The fourth-order valence-corrected chi connectivity index (χ4v) is 3.52. The summed E-state index contributed by atoms with van der Waals surface area (Å²) in [6, 6.07) is 9.60. The van der Waals surface area contributed by atoms with Crippen LogP contribution in [0.15, 0.2) is 30.3 Å². The zero-order valence-electron chi connectivity index (χ0n) is 11.5. The van der Waals surface area contributed by atoms with Gasteiger partial charge in [-0.1, -0.05) is 18.2 Å². The van der Waals surface area contributed by atoms with Crippen molar-refractivity contribution in [3.05, 3.63) is 30.3 Å². The summed E-state index contributed by atoms with van der Waals surface area (Å²) in [5.74, 6) is 2.07. The number of thioether (sulfide) groups is 1. The molecule has 2 rings (SSSR count). The molecule has 1 saturated heterocycles. The standard InChI is InChI=1S/C15H23NO2S/c1-15(8-5-9-19-15)12-16-10-13(17)11-18-14-6-3-2-4-7-14/h2-4,6-7,13,16-17H,5,8-12H2,1H3. The first kappa shape index (κ1) is 14.7. The Bertz CT molecular complexity index is 366. The maximum Gasteiger partial charge on any atom is 0.119 e. The van der Waals surface area contributed by atoms with Crippen LogP contribution in [0.1, 0.15) is 19.8 Å². The van der Waals surface area contributed by atoms with Crippen LogP contribution in [0.25, 0.3) is 0 Å². The average molecular weight is 281 g/mol. The Morgan fingerprint density at radius 1 is 1.42 bits per heavy atom. The third kappa shape index (κ3) is 5.05. The van der Waals surface area contributed by atoms with Gasteiger partial charge in [-0.25, -0.2) is 0 Å². The monoisotopic (exact) mass is 281 g/mol. The Kier molecular flexibility index (Phi) is 5.55. The van der Waals surface area contributed by atoms with Gasteiger partial charge in [-0.05, 0) is 37.7 Å². The van der Waals surface area contributed by atoms with Crippen molar-refractivity contribution in [2.24, 2.45) is 0 Å². The number of hydrogen-bond acceptors (Lipinski definition) is 4. The van der Waals surface area contributed by atoms with Gasteiger partial charge in [-0.3, -0.25) is 0 Å². The van der Waals surface area contributed by atoms with Gasteiger partial charge in [0.05, 0.1) is 0 Å². The topological polar surface area (TPSA) is 41.5 Å². The van der Waals surface area contributed by atoms with Gasteiger partial charge in [0, 0.05) is 17.8 Å². The predicted molar refractivity (Wildman–Crippen MR) is 80.9 cm³/mol. The molecule has 2 unspecified atom stereocenters. The van der Waals surface area contributed by atoms with E-state index in [-0.39, 0.29) is 0 Å². The van der Waals surface area contributed by atoms with Gasteiger partial charge in [-0.2, -0.15) is 11.8 Å². The van der Waals surface area contributed by atoms with Crippen molar-refractivity contribution in [1.29, 1.82) is 0 Å². The number of ether oxygens (including phenoxy) is 1. The molecule has 3 nitrogen and oxygen atoms in total. The molecule has 1 heterocycles. The molecule has 1 fully saturated rings. The Morgan fingerprint density at radius 2 is 2.21 bits per heavy atom. The fraction of sp³-hybridized carbons (Fsp3) is 0.600. The lowest BCUT2D eigenvalue weighted by Crippen LogP contribution is -2.39. The highest BCUT2D eigenvalue weighted by atomic mass is 32.2. The molecule has 1 aromatic rings. The number of hydrogen-bond donors (Lipinski definition) is 2. The molecule has 0 radical (unpaired) electrons. The van der Waals surface area contributed by atoms with Gasteiger partial charge in [0.25, 0.3) is 0 Å². The molecule has 0 bridgehead atoms. The maximum atomic E-state index is 9.87. The van der Waals surface area contributed by atoms with E-state index in [1.807, 2.05) is 42.1 Å². The minimum absolute atomic E-state index is 0.334. The third-order valence-corrected chi connectivity index (χ3v) is 4.90. The van der Waals surface area contributed by atoms with Crippen molar-refractivity contribution in [3.63, 3.8) is 0 Å². The van der Waals surface area contributed by atoms with E-state index in [9.17, 15) is 5.11 Å². The predicted octanol–water partition coefficient (Wildman–Crippen LogP) is 2.30. The van der Waals surface area contributed by atoms with Crippen LogP contribution in [0, 0.1) is 0 Å². The largest absolute Gasteiger partial charge is 0.491 e. The van der Waals surface area contributed by atoms with Crippen LogP contribution in [0.2, 0.25) is 0 Å². The van der Waals surface area contributed by atoms with Crippen molar-refractivity contribution in [2.75, 3.05) is 25.4 Å². The molecule has 19 heavy (non-hydrogen) atoms. The number of para-hydroxylation sites is 1. The van der Waals surface area contributed by atoms with E-state index in [0.29, 0.717) is 17.9 Å². The highest BCUT2D eigenvalue weighted by molar-refractivity contribution is 8.00. The summed E-state index contributed by atoms with van der Waals surface area (Å²) < 4.78 is 5.87. The second-order valence-electron chi connectivity index (χ2n) is 5.31. The Morgan fingerprint density at radius 3 is 2.89 bits per heavy atom. The summed E-state index contributed by atoms with van der Waals surface area (Å²) in [5.41, 5.74) is 0. The summed E-state index contributed by atoms with van der Waals surface area (Å²) in [4.78, 5) is 0. The summed E-state index contributed by atoms with van der Waals surface area (Å²) in [7, 11) is 0. The lowest BCUT2D eigenvalue weighted by Gasteiger charge is -2.24. The zero-order chi connectivity index (χ0) is 13.6. The van der Waals surface area contributed by atoms with E-state index in [2.05, 4.69) is 12.2 Å². The molecule has 0 amide bonds. The van der Waals surface area contributed by atoms with Crippen molar-refractivity contribution < 1.29 is 9.84 Å². The minimum Gasteiger partial charge on any atom is -0.491 e. The van der Waals surface area contributed by atoms with Gasteiger partial charge >= 0.3 is 0 Å². The molecule has 2 atom stereocenters. The Labute approximate surface area is 119 Å². The lowest BCUT2D eigenvalue weighted by atomic mass is 10.1. The molecule has 0 spiro atoms. The minimum atomic E-state index is -0.463. The van der Waals surface area contributed by atoms with Crippen LogP contribution >= 0.6 is 11.8 Å². The van der Waals surface area contributed by atoms with Crippen molar-refractivity contribution in [2.45, 2.75) is 30.6 Å². The molecule has 0 saturated carbocycles. The van der Waals surface area contributed by atoms with Crippen molar-refractivity contribution >= 4 is 11.8 Å². The number of benzene rings is 1. The second kappa shape index (κ2) is 7.17. The Balaban J connectivity index is 1.61. The van der Waals surface area contributed by atoms with Crippen LogP contribution in [-0.2, 0) is 0 Å². The molecule has 106 valence electrons. The van der Waals surface area contributed by atoms with Gasteiger partial charge in [-0.15, -0.1) is 0 Å². The highest BCUT2D eigenvalue weighted by Gasteiger charge is 2.28. The molecular formula is C15H23NO2S. The van der Waals surface area contributed by atoms with Gasteiger partial charge in [0.2, 0.25) is 0 Å². The zero-order valence-corrected chi connectivity index (χ0v) is 12.3. The molecule has 1 aliphatic heterocycles. The van der Waals surface area contributed by atoms with Gasteiger partial charge < -0.3 is 15.2 Å². The molecule has 4 heteroatoms. The van der Waals surface area contributed by atoms with E-state index >= 15 is 0 Å². The van der Waals surface area contributed by atoms with Crippen molar-refractivity contribution in [3.8, 4) is 5.75 Å². The van der Waals surface area contributed by atoms with E-state index in [0.717, 1.165) is 12.3 Å². The summed E-state index contributed by atoms with van der Waals surface area (Å²) in [5, 5.41) is 13.2. The fourth-order valence-electron chi connectivity index (χ4n) is 2.25. The smallest absolute Gasteiger partial charge is 0.119 e. The van der Waals surface area contributed by atoms with Crippen LogP contribution < -0.4 is 10.1 Å². The molecule has 0 aromatic heterocycles. The SMILES string of the molecule is CC1(CNCC(O)COc2ccccc2)CCCS1. The van der Waals surface area contributed by atoms with Gasteiger partial charge in [0.15, 0.2) is 0 Å². The molecule has 2 N–H and O–H groups in total. The lowest BCUT2D eigenvalue weighted by molar-refractivity contribution is 0.106. The van der Waals surface area contributed by atoms with Crippen LogP contribution in [0.3, 0.4) is 0 Å². The van der Waals surface area contributed by atoms with Crippen molar-refractivity contribution in [1.82, 2.24) is 5.32 Å². The molecule has 0 aliphatic carbocycles. The van der Waals surface area contributed by atoms with Crippen LogP contribution in [0.5, 0.6) is 5.75 Å². The normalized spacial score (nSPS) is 24.3. The second-order valence-corrected chi connectivity index (χ2v) is 6.99. The first-order chi connectivity index (χ1) is 9.18. The number of nitrogens with one attached hydrogen (secondary N) is 1. The highest BCUT2D eigenvalue weighted by Crippen LogP contribution is 2.36. The van der Waals surface area contributed by atoms with E-state index in [1.165, 1.54) is 18.6 Å².